The van der Waals surface area contributed by atoms with Gasteiger partial charge in [0.05, 0.1) is 0 Å². The second kappa shape index (κ2) is 7.65. The van der Waals surface area contributed by atoms with E-state index in [2.05, 4.69) is 17.6 Å². The molecular formula is C16H28N2O2. The Bertz CT molecular complexity index is 329. The number of carbonyl (C=O) groups excluding carboxylic acids is 2. The van der Waals surface area contributed by atoms with Crippen LogP contribution < -0.4 is 10.6 Å². The van der Waals surface area contributed by atoms with E-state index in [1.165, 1.54) is 12.8 Å². The van der Waals surface area contributed by atoms with E-state index in [9.17, 15) is 9.59 Å². The van der Waals surface area contributed by atoms with Gasteiger partial charge in [-0.1, -0.05) is 19.8 Å². The topological polar surface area (TPSA) is 58.2 Å². The predicted octanol–water partition coefficient (Wildman–Crippen LogP) is 2.38. The number of nitrogens with one attached hydrogen (secondary N) is 2. The van der Waals surface area contributed by atoms with Crippen molar-refractivity contribution in [3.05, 3.63) is 0 Å². The van der Waals surface area contributed by atoms with Crippen molar-refractivity contribution in [2.24, 2.45) is 11.8 Å². The van der Waals surface area contributed by atoms with Gasteiger partial charge in [-0.2, -0.15) is 0 Å². The molecule has 0 aromatic heterocycles. The van der Waals surface area contributed by atoms with Crippen LogP contribution in [-0.2, 0) is 9.59 Å². The summed E-state index contributed by atoms with van der Waals surface area (Å²) in [6.45, 7) is 2.82. The molecule has 2 N–H and O–H groups in total. The van der Waals surface area contributed by atoms with Crippen LogP contribution >= 0.6 is 0 Å². The lowest BCUT2D eigenvalue weighted by molar-refractivity contribution is -0.130. The molecule has 0 heterocycles. The monoisotopic (exact) mass is 280 g/mol. The van der Waals surface area contributed by atoms with Crippen LogP contribution in [-0.4, -0.2) is 24.4 Å². The molecule has 0 aromatic carbocycles. The average molecular weight is 280 g/mol. The first-order valence-corrected chi connectivity index (χ1v) is 8.28. The highest BCUT2D eigenvalue weighted by atomic mass is 16.2. The van der Waals surface area contributed by atoms with Crippen molar-refractivity contribution < 1.29 is 9.59 Å². The number of rotatable bonds is 5. The first-order valence-electron chi connectivity index (χ1n) is 8.28. The summed E-state index contributed by atoms with van der Waals surface area (Å²) in [6, 6.07) is 0.410. The van der Waals surface area contributed by atoms with Crippen LogP contribution in [0.25, 0.3) is 0 Å². The molecule has 114 valence electrons. The fourth-order valence-corrected chi connectivity index (χ4v) is 3.40. The van der Waals surface area contributed by atoms with Crippen molar-refractivity contribution in [1.82, 2.24) is 10.6 Å². The van der Waals surface area contributed by atoms with Gasteiger partial charge >= 0.3 is 0 Å². The van der Waals surface area contributed by atoms with Crippen LogP contribution in [0, 0.1) is 11.8 Å². The third-order valence-electron chi connectivity index (χ3n) is 4.72. The van der Waals surface area contributed by atoms with Gasteiger partial charge in [0.25, 0.3) is 0 Å². The third kappa shape index (κ3) is 4.22. The van der Waals surface area contributed by atoms with Crippen LogP contribution in [0.4, 0.5) is 0 Å². The molecule has 0 aliphatic heterocycles. The lowest BCUT2D eigenvalue weighted by atomic mass is 9.81. The minimum absolute atomic E-state index is 0.122. The van der Waals surface area contributed by atoms with Crippen molar-refractivity contribution in [3.63, 3.8) is 0 Å². The van der Waals surface area contributed by atoms with Gasteiger partial charge in [0.1, 0.15) is 0 Å². The highest BCUT2D eigenvalue weighted by Crippen LogP contribution is 2.29. The minimum atomic E-state index is 0.122. The molecule has 0 spiro atoms. The molecule has 2 aliphatic rings. The van der Waals surface area contributed by atoms with Crippen molar-refractivity contribution in [3.8, 4) is 0 Å². The minimum Gasteiger partial charge on any atom is -0.356 e. The van der Waals surface area contributed by atoms with E-state index in [0.29, 0.717) is 6.04 Å². The molecule has 0 aromatic rings. The maximum Gasteiger partial charge on any atom is 0.223 e. The highest BCUT2D eigenvalue weighted by molar-refractivity contribution is 5.81. The van der Waals surface area contributed by atoms with E-state index in [1.807, 2.05) is 0 Å². The van der Waals surface area contributed by atoms with Gasteiger partial charge in [0, 0.05) is 24.4 Å². The van der Waals surface area contributed by atoms with Crippen LogP contribution in [0.15, 0.2) is 0 Å². The summed E-state index contributed by atoms with van der Waals surface area (Å²) >= 11 is 0. The van der Waals surface area contributed by atoms with Gasteiger partial charge in [0.15, 0.2) is 0 Å². The summed E-state index contributed by atoms with van der Waals surface area (Å²) < 4.78 is 0. The Morgan fingerprint density at radius 1 is 0.900 bits per heavy atom. The SMILES string of the molecule is CCCNC(=O)C1CCC(C(=O)NC2CCCC2)CC1. The molecule has 0 saturated heterocycles. The standard InChI is InChI=1S/C16H28N2O2/c1-2-11-17-15(19)12-7-9-13(10-8-12)16(20)18-14-5-3-4-6-14/h12-14H,2-11H2,1H3,(H,17,19)(H,18,20). The molecule has 2 aliphatic carbocycles. The predicted molar refractivity (Wildman–Crippen MR) is 79.1 cm³/mol. The fraction of sp³-hybridized carbons (Fsp3) is 0.875. The Hall–Kier alpha value is -1.06. The molecule has 2 fully saturated rings. The zero-order chi connectivity index (χ0) is 14.4. The smallest absolute Gasteiger partial charge is 0.223 e. The van der Waals surface area contributed by atoms with E-state index in [0.717, 1.165) is 51.5 Å². The Kier molecular flexibility index (Phi) is 5.86. The summed E-state index contributed by atoms with van der Waals surface area (Å²) in [6.07, 6.45) is 9.19. The van der Waals surface area contributed by atoms with Crippen LogP contribution in [0.1, 0.15) is 64.7 Å². The fourth-order valence-electron chi connectivity index (χ4n) is 3.40. The van der Waals surface area contributed by atoms with Crippen molar-refractivity contribution in [2.45, 2.75) is 70.8 Å². The molecule has 0 bridgehead atoms. The number of hydrogen-bond donors (Lipinski definition) is 2. The van der Waals surface area contributed by atoms with Gasteiger partial charge in [-0.25, -0.2) is 0 Å². The van der Waals surface area contributed by atoms with Gasteiger partial charge in [-0.05, 0) is 44.9 Å². The summed E-state index contributed by atoms with van der Waals surface area (Å²) in [5.74, 6) is 0.661. The maximum atomic E-state index is 12.2. The molecule has 4 heteroatoms. The lowest BCUT2D eigenvalue weighted by Crippen LogP contribution is -2.40. The summed E-state index contributed by atoms with van der Waals surface area (Å²) in [4.78, 5) is 24.1. The molecule has 4 nitrogen and oxygen atoms in total. The van der Waals surface area contributed by atoms with E-state index >= 15 is 0 Å². The zero-order valence-corrected chi connectivity index (χ0v) is 12.6. The van der Waals surface area contributed by atoms with Crippen molar-refractivity contribution in [2.75, 3.05) is 6.54 Å². The van der Waals surface area contributed by atoms with Gasteiger partial charge in [0.2, 0.25) is 11.8 Å². The van der Waals surface area contributed by atoms with Gasteiger partial charge < -0.3 is 10.6 Å². The van der Waals surface area contributed by atoms with E-state index in [1.54, 1.807) is 0 Å². The van der Waals surface area contributed by atoms with Gasteiger partial charge in [-0.3, -0.25) is 9.59 Å². The van der Waals surface area contributed by atoms with Crippen LogP contribution in [0.3, 0.4) is 0 Å². The van der Waals surface area contributed by atoms with E-state index in [-0.39, 0.29) is 23.7 Å². The number of amides is 2. The normalized spacial score (nSPS) is 27.2. The lowest BCUT2D eigenvalue weighted by Gasteiger charge is -2.28. The van der Waals surface area contributed by atoms with E-state index in [4.69, 9.17) is 0 Å². The Morgan fingerprint density at radius 2 is 1.45 bits per heavy atom. The molecule has 2 amide bonds. The first kappa shape index (κ1) is 15.3. The summed E-state index contributed by atoms with van der Waals surface area (Å²) in [7, 11) is 0. The largest absolute Gasteiger partial charge is 0.356 e. The van der Waals surface area contributed by atoms with E-state index < -0.39 is 0 Å². The highest BCUT2D eigenvalue weighted by Gasteiger charge is 2.30. The van der Waals surface area contributed by atoms with Crippen LogP contribution in [0.2, 0.25) is 0 Å². The molecule has 20 heavy (non-hydrogen) atoms. The van der Waals surface area contributed by atoms with Crippen molar-refractivity contribution in [1.29, 1.82) is 0 Å². The van der Waals surface area contributed by atoms with Crippen molar-refractivity contribution >= 4 is 11.8 Å². The Labute approximate surface area is 122 Å². The molecule has 2 rings (SSSR count). The second-order valence-electron chi connectivity index (χ2n) is 6.33. The summed E-state index contributed by atoms with van der Waals surface area (Å²) in [5, 5.41) is 6.15. The Balaban J connectivity index is 1.70. The second-order valence-corrected chi connectivity index (χ2v) is 6.33. The quantitative estimate of drug-likeness (QED) is 0.812. The summed E-state index contributed by atoms with van der Waals surface area (Å²) in [5.41, 5.74) is 0. The molecule has 0 unspecified atom stereocenters. The molecule has 0 radical (unpaired) electrons. The number of hydrogen-bond acceptors (Lipinski definition) is 2. The molecular weight excluding hydrogens is 252 g/mol. The zero-order valence-electron chi connectivity index (χ0n) is 12.6. The molecule has 0 atom stereocenters. The first-order chi connectivity index (χ1) is 9.70. The number of carbonyl (C=O) groups is 2. The average Bonchev–Trinajstić information content (AvgIpc) is 2.97. The Morgan fingerprint density at radius 3 is 2.00 bits per heavy atom. The van der Waals surface area contributed by atoms with Gasteiger partial charge in [-0.15, -0.1) is 0 Å². The van der Waals surface area contributed by atoms with Crippen LogP contribution in [0.5, 0.6) is 0 Å². The molecule has 2 saturated carbocycles. The maximum absolute atomic E-state index is 12.2. The third-order valence-corrected chi connectivity index (χ3v) is 4.72.